The minimum absolute atomic E-state index is 0.0465. The maximum atomic E-state index is 13.0. The molecule has 0 aliphatic heterocycles. The van der Waals surface area contributed by atoms with Crippen LogP contribution < -0.4 is 20.3 Å². The topological polar surface area (TPSA) is 127 Å². The molecular weight excluding hydrogens is 631 g/mol. The number of para-hydroxylation sites is 1. The Bertz CT molecular complexity index is 1790. The summed E-state index contributed by atoms with van der Waals surface area (Å²) in [5, 5.41) is 6.76. The number of hydrogen-bond donors (Lipinski definition) is 2. The molecule has 0 aliphatic carbocycles. The number of halogens is 2. The summed E-state index contributed by atoms with van der Waals surface area (Å²) < 4.78 is 10.6. The Balaban J connectivity index is 1.32. The van der Waals surface area contributed by atoms with E-state index in [1.807, 2.05) is 37.3 Å². The molecule has 12 heteroatoms. The molecule has 0 unspecified atom stereocenters. The number of methoxy groups -OCH3 is 1. The minimum atomic E-state index is -0.485. The predicted molar refractivity (Wildman–Crippen MR) is 178 cm³/mol. The fraction of sp³-hybridized carbons (Fsp3) is 0.206. The first-order valence-electron chi connectivity index (χ1n) is 14.2. The molecule has 1 aromatic heterocycles. The van der Waals surface area contributed by atoms with E-state index in [-0.39, 0.29) is 37.0 Å². The Kier molecular flexibility index (Phi) is 11.7. The number of aromatic nitrogens is 1. The lowest BCUT2D eigenvalue weighted by Gasteiger charge is -2.21. The van der Waals surface area contributed by atoms with E-state index in [1.165, 1.54) is 18.1 Å². The summed E-state index contributed by atoms with van der Waals surface area (Å²) in [5.74, 6) is -1.07. The number of anilines is 1. The normalized spacial score (nSPS) is 10.9. The maximum absolute atomic E-state index is 13.0. The highest BCUT2D eigenvalue weighted by Crippen LogP contribution is 2.35. The molecule has 1 heterocycles. The second-order valence-electron chi connectivity index (χ2n) is 10.1. The molecule has 0 bridgehead atoms. The monoisotopic (exact) mass is 662 g/mol. The molecular formula is C34H32Cl2N4O6. The van der Waals surface area contributed by atoms with Crippen molar-refractivity contribution < 1.29 is 28.7 Å². The Morgan fingerprint density at radius 3 is 2.46 bits per heavy atom. The highest BCUT2D eigenvalue weighted by molar-refractivity contribution is 6.38. The molecule has 238 valence electrons. The van der Waals surface area contributed by atoms with Crippen LogP contribution in [0.1, 0.15) is 33.6 Å². The van der Waals surface area contributed by atoms with Gasteiger partial charge in [0.05, 0.1) is 30.8 Å². The molecule has 0 saturated heterocycles. The first-order valence-corrected chi connectivity index (χ1v) is 15.0. The highest BCUT2D eigenvalue weighted by Gasteiger charge is 2.19. The number of pyridine rings is 1. The van der Waals surface area contributed by atoms with Gasteiger partial charge in [0.25, 0.3) is 5.91 Å². The second-order valence-corrected chi connectivity index (χ2v) is 10.9. The van der Waals surface area contributed by atoms with Gasteiger partial charge in [-0.25, -0.2) is 4.98 Å². The van der Waals surface area contributed by atoms with Crippen molar-refractivity contribution in [3.05, 3.63) is 105 Å². The van der Waals surface area contributed by atoms with Crippen LogP contribution >= 0.6 is 23.2 Å². The van der Waals surface area contributed by atoms with Gasteiger partial charge in [-0.05, 0) is 55.0 Å². The predicted octanol–water partition coefficient (Wildman–Crippen LogP) is 5.51. The zero-order valence-corrected chi connectivity index (χ0v) is 26.9. The number of carbonyl (C=O) groups excluding carboxylic acids is 4. The molecule has 0 saturated carbocycles. The zero-order chi connectivity index (χ0) is 33.2. The summed E-state index contributed by atoms with van der Waals surface area (Å²) in [5.41, 5.74) is 3.55. The van der Waals surface area contributed by atoms with Crippen molar-refractivity contribution in [2.24, 2.45) is 0 Å². The number of nitrogens with zero attached hydrogens (tertiary/aromatic N) is 2. The first kappa shape index (κ1) is 34.0. The van der Waals surface area contributed by atoms with Crippen LogP contribution in [0.3, 0.4) is 0 Å². The Morgan fingerprint density at radius 1 is 0.957 bits per heavy atom. The van der Waals surface area contributed by atoms with E-state index in [0.717, 1.165) is 16.6 Å². The van der Waals surface area contributed by atoms with E-state index in [4.69, 9.17) is 27.9 Å². The first-order chi connectivity index (χ1) is 22.1. The molecule has 4 aromatic rings. The van der Waals surface area contributed by atoms with E-state index in [9.17, 15) is 19.2 Å². The van der Waals surface area contributed by atoms with Crippen molar-refractivity contribution in [2.75, 3.05) is 32.1 Å². The van der Waals surface area contributed by atoms with Crippen molar-refractivity contribution in [3.63, 3.8) is 0 Å². The molecule has 0 atom stereocenters. The summed E-state index contributed by atoms with van der Waals surface area (Å²) in [4.78, 5) is 54.7. The van der Waals surface area contributed by atoms with Crippen molar-refractivity contribution >= 4 is 69.6 Å². The van der Waals surface area contributed by atoms with E-state index in [1.54, 1.807) is 49.5 Å². The van der Waals surface area contributed by atoms with Gasteiger partial charge in [0.2, 0.25) is 11.8 Å². The Labute approximate surface area is 276 Å². The number of amides is 3. The number of ether oxygens (including phenoxy) is 2. The number of fused-ring (bicyclic) bond motifs is 1. The lowest BCUT2D eigenvalue weighted by Crippen LogP contribution is -2.37. The van der Waals surface area contributed by atoms with Gasteiger partial charge in [0.15, 0.2) is 0 Å². The van der Waals surface area contributed by atoms with E-state index in [0.29, 0.717) is 33.1 Å². The molecule has 3 aromatic carbocycles. The van der Waals surface area contributed by atoms with Crippen LogP contribution in [0.25, 0.3) is 17.0 Å². The number of rotatable bonds is 12. The summed E-state index contributed by atoms with van der Waals surface area (Å²) >= 11 is 13.2. The van der Waals surface area contributed by atoms with Crippen molar-refractivity contribution in [2.45, 2.75) is 20.0 Å². The number of likely N-dealkylation sites (N-methyl/N-ethyl adjacent to an activating group) is 1. The van der Waals surface area contributed by atoms with Crippen LogP contribution in [0.15, 0.2) is 72.8 Å². The Hall–Kier alpha value is -4.93. The van der Waals surface area contributed by atoms with Gasteiger partial charge in [-0.3, -0.25) is 19.2 Å². The lowest BCUT2D eigenvalue weighted by atomic mass is 10.1. The molecule has 4 rings (SSSR count). The SMILES string of the molecule is COC(=O)CCNC(=O)c1ccc(C=CC(=O)NCC(=O)N(C)c2ccc(Cl)c(COc3cccc4ccc(C)nc34)c2Cl)cc1. The molecule has 0 radical (unpaired) electrons. The highest BCUT2D eigenvalue weighted by atomic mass is 35.5. The third kappa shape index (κ3) is 8.83. The molecule has 3 amide bonds. The molecule has 46 heavy (non-hydrogen) atoms. The van der Waals surface area contributed by atoms with Crippen LogP contribution in [0.2, 0.25) is 10.0 Å². The number of nitrogens with one attached hydrogen (secondary N) is 2. The van der Waals surface area contributed by atoms with Gasteiger partial charge in [-0.2, -0.15) is 0 Å². The average molecular weight is 664 g/mol. The van der Waals surface area contributed by atoms with Crippen molar-refractivity contribution in [1.29, 1.82) is 0 Å². The van der Waals surface area contributed by atoms with E-state index in [2.05, 4.69) is 20.4 Å². The van der Waals surface area contributed by atoms with Gasteiger partial charge in [-0.1, -0.05) is 53.5 Å². The second kappa shape index (κ2) is 15.9. The number of esters is 1. The van der Waals surface area contributed by atoms with Crippen molar-refractivity contribution in [3.8, 4) is 5.75 Å². The number of carbonyl (C=O) groups is 4. The number of aryl methyl sites for hydroxylation is 1. The summed E-state index contributed by atoms with van der Waals surface area (Å²) in [6.07, 6.45) is 2.91. The maximum Gasteiger partial charge on any atom is 0.307 e. The standard InChI is InChI=1S/C34H32Cl2N4O6/c1-21-7-11-23-5-4-6-28(33(23)39-21)46-20-25-26(35)14-15-27(32(25)36)40(2)30(42)19-38-29(41)16-10-22-8-12-24(13-9-22)34(44)37-18-17-31(43)45-3/h4-16H,17-20H2,1-3H3,(H,37,44)(H,38,41). The van der Waals surface area contributed by atoms with Gasteiger partial charge in [0.1, 0.15) is 17.9 Å². The average Bonchev–Trinajstić information content (AvgIpc) is 3.06. The molecule has 2 N–H and O–H groups in total. The summed E-state index contributed by atoms with van der Waals surface area (Å²) in [6.45, 7) is 1.83. The van der Waals surface area contributed by atoms with Crippen LogP contribution in [0.4, 0.5) is 5.69 Å². The molecule has 0 aliphatic rings. The largest absolute Gasteiger partial charge is 0.487 e. The fourth-order valence-corrected chi connectivity index (χ4v) is 4.94. The lowest BCUT2D eigenvalue weighted by molar-refractivity contribution is -0.140. The fourth-order valence-electron chi connectivity index (χ4n) is 4.33. The van der Waals surface area contributed by atoms with Crippen molar-refractivity contribution in [1.82, 2.24) is 15.6 Å². The summed E-state index contributed by atoms with van der Waals surface area (Å²) in [7, 11) is 2.83. The Morgan fingerprint density at radius 2 is 1.72 bits per heavy atom. The van der Waals surface area contributed by atoms with Gasteiger partial charge in [-0.15, -0.1) is 0 Å². The van der Waals surface area contributed by atoms with Crippen LogP contribution in [0, 0.1) is 6.92 Å². The number of hydrogen-bond acceptors (Lipinski definition) is 7. The van der Waals surface area contributed by atoms with E-state index >= 15 is 0 Å². The van der Waals surface area contributed by atoms with Crippen LogP contribution in [0.5, 0.6) is 5.75 Å². The third-order valence-electron chi connectivity index (χ3n) is 6.95. The third-order valence-corrected chi connectivity index (χ3v) is 7.73. The van der Waals surface area contributed by atoms with Crippen LogP contribution in [-0.4, -0.2) is 55.9 Å². The quantitative estimate of drug-likeness (QED) is 0.151. The molecule has 0 fully saturated rings. The van der Waals surface area contributed by atoms with E-state index < -0.39 is 17.8 Å². The van der Waals surface area contributed by atoms with Gasteiger partial charge in [0, 0.05) is 46.9 Å². The summed E-state index contributed by atoms with van der Waals surface area (Å²) in [6, 6.07) is 19.3. The molecule has 10 nitrogen and oxygen atoms in total. The molecule has 0 spiro atoms. The smallest absolute Gasteiger partial charge is 0.307 e. The van der Waals surface area contributed by atoms with Gasteiger partial charge < -0.3 is 25.0 Å². The van der Waals surface area contributed by atoms with Crippen LogP contribution in [-0.2, 0) is 25.7 Å². The van der Waals surface area contributed by atoms with Gasteiger partial charge >= 0.3 is 5.97 Å². The zero-order valence-electron chi connectivity index (χ0n) is 25.4. The number of benzene rings is 3. The minimum Gasteiger partial charge on any atom is -0.487 e.